The Kier molecular flexibility index (Phi) is 4.27. The molecule has 3 fully saturated rings. The predicted octanol–water partition coefficient (Wildman–Crippen LogP) is 2.31. The fraction of sp³-hybridized carbons (Fsp3) is 0.647. The molecule has 0 radical (unpaired) electrons. The highest BCUT2D eigenvalue weighted by molar-refractivity contribution is 5.33. The van der Waals surface area contributed by atoms with Gasteiger partial charge in [-0.2, -0.15) is 0 Å². The molecule has 0 aliphatic carbocycles. The van der Waals surface area contributed by atoms with Crippen molar-refractivity contribution in [3.05, 3.63) is 29.8 Å². The molecule has 20 heavy (non-hydrogen) atoms. The summed E-state index contributed by atoms with van der Waals surface area (Å²) in [5, 5.41) is 3.85. The van der Waals surface area contributed by atoms with Gasteiger partial charge in [0.1, 0.15) is 5.75 Å². The van der Waals surface area contributed by atoms with E-state index in [4.69, 9.17) is 4.74 Å². The van der Waals surface area contributed by atoms with Crippen LogP contribution < -0.4 is 10.1 Å². The Hall–Kier alpha value is -1.06. The first-order chi connectivity index (χ1) is 9.76. The van der Waals surface area contributed by atoms with Crippen molar-refractivity contribution in [3.63, 3.8) is 0 Å². The van der Waals surface area contributed by atoms with Gasteiger partial charge in [-0.05, 0) is 56.8 Å². The predicted molar refractivity (Wildman–Crippen MR) is 82.2 cm³/mol. The van der Waals surface area contributed by atoms with Gasteiger partial charge in [-0.15, -0.1) is 0 Å². The molecule has 3 aliphatic rings. The molecule has 1 aromatic carbocycles. The largest absolute Gasteiger partial charge is 0.496 e. The third-order valence-corrected chi connectivity index (χ3v) is 4.87. The van der Waals surface area contributed by atoms with Crippen LogP contribution in [0, 0.1) is 5.92 Å². The normalized spacial score (nSPS) is 30.2. The summed E-state index contributed by atoms with van der Waals surface area (Å²) in [5.74, 6) is 1.90. The molecule has 0 amide bonds. The lowest BCUT2D eigenvalue weighted by molar-refractivity contribution is 0.0680. The Balaban J connectivity index is 1.58. The van der Waals surface area contributed by atoms with Gasteiger partial charge in [-0.3, -0.25) is 0 Å². The summed E-state index contributed by atoms with van der Waals surface area (Å²) in [6.07, 6.45) is 3.78. The second kappa shape index (κ2) is 6.15. The van der Waals surface area contributed by atoms with Crippen LogP contribution in [0.3, 0.4) is 0 Å². The molecular formula is C17H26N2O. The van der Waals surface area contributed by atoms with Crippen LogP contribution in [0.4, 0.5) is 0 Å². The van der Waals surface area contributed by atoms with Gasteiger partial charge in [0.15, 0.2) is 0 Å². The Morgan fingerprint density at radius 3 is 2.70 bits per heavy atom. The van der Waals surface area contributed by atoms with E-state index in [1.54, 1.807) is 7.11 Å². The molecule has 2 unspecified atom stereocenters. The third-order valence-electron chi connectivity index (χ3n) is 4.87. The second-order valence-electron chi connectivity index (χ2n) is 6.33. The van der Waals surface area contributed by atoms with Crippen molar-refractivity contribution in [2.45, 2.75) is 38.3 Å². The van der Waals surface area contributed by atoms with Crippen LogP contribution >= 0.6 is 0 Å². The van der Waals surface area contributed by atoms with E-state index in [1.807, 2.05) is 6.07 Å². The molecule has 0 aromatic heterocycles. The van der Waals surface area contributed by atoms with Crippen molar-refractivity contribution in [3.8, 4) is 5.75 Å². The van der Waals surface area contributed by atoms with Crippen molar-refractivity contribution in [1.82, 2.24) is 10.2 Å². The van der Waals surface area contributed by atoms with Gasteiger partial charge in [0, 0.05) is 18.6 Å². The van der Waals surface area contributed by atoms with Crippen LogP contribution in [0.25, 0.3) is 0 Å². The fourth-order valence-electron chi connectivity index (χ4n) is 3.78. The maximum atomic E-state index is 5.45. The molecule has 1 N–H and O–H groups in total. The van der Waals surface area contributed by atoms with Gasteiger partial charge >= 0.3 is 0 Å². The van der Waals surface area contributed by atoms with E-state index in [-0.39, 0.29) is 0 Å². The molecule has 2 bridgehead atoms. The number of piperidine rings is 3. The minimum atomic E-state index is 0.497. The zero-order valence-corrected chi connectivity index (χ0v) is 12.6. The minimum absolute atomic E-state index is 0.497. The number of methoxy groups -OCH3 is 1. The first-order valence-corrected chi connectivity index (χ1v) is 7.86. The standard InChI is InChI=1S/C17H26N2O/c1-13(11-15-5-3-4-6-17(15)20-2)18-16-12-19-9-7-14(16)8-10-19/h3-6,13-14,16,18H,7-12H2,1-2H3. The maximum Gasteiger partial charge on any atom is 0.122 e. The van der Waals surface area contributed by atoms with Crippen LogP contribution in [-0.4, -0.2) is 43.7 Å². The van der Waals surface area contributed by atoms with Crippen LogP contribution in [0.1, 0.15) is 25.3 Å². The highest BCUT2D eigenvalue weighted by Gasteiger charge is 2.34. The van der Waals surface area contributed by atoms with E-state index in [0.29, 0.717) is 12.1 Å². The topological polar surface area (TPSA) is 24.5 Å². The van der Waals surface area contributed by atoms with E-state index in [2.05, 4.69) is 35.3 Å². The van der Waals surface area contributed by atoms with Crippen LogP contribution in [0.2, 0.25) is 0 Å². The monoisotopic (exact) mass is 274 g/mol. The molecule has 3 heteroatoms. The molecule has 0 spiro atoms. The Labute approximate surface area is 122 Å². The average molecular weight is 274 g/mol. The number of nitrogens with one attached hydrogen (secondary N) is 1. The van der Waals surface area contributed by atoms with E-state index < -0.39 is 0 Å². The van der Waals surface area contributed by atoms with E-state index in [1.165, 1.54) is 38.0 Å². The number of nitrogens with zero attached hydrogens (tertiary/aromatic N) is 1. The number of hydrogen-bond donors (Lipinski definition) is 1. The smallest absolute Gasteiger partial charge is 0.122 e. The summed E-state index contributed by atoms with van der Waals surface area (Å²) in [5.41, 5.74) is 1.30. The highest BCUT2D eigenvalue weighted by atomic mass is 16.5. The van der Waals surface area contributed by atoms with Gasteiger partial charge in [-0.1, -0.05) is 18.2 Å². The molecular weight excluding hydrogens is 248 g/mol. The lowest BCUT2D eigenvalue weighted by Crippen LogP contribution is -2.57. The summed E-state index contributed by atoms with van der Waals surface area (Å²) in [6, 6.07) is 9.54. The van der Waals surface area contributed by atoms with Crippen LogP contribution in [-0.2, 0) is 6.42 Å². The Morgan fingerprint density at radius 2 is 2.05 bits per heavy atom. The molecule has 3 nitrogen and oxygen atoms in total. The Bertz CT molecular complexity index is 440. The number of para-hydroxylation sites is 1. The average Bonchev–Trinajstić information content (AvgIpc) is 2.49. The number of hydrogen-bond acceptors (Lipinski definition) is 3. The van der Waals surface area contributed by atoms with Crippen LogP contribution in [0.5, 0.6) is 5.75 Å². The van der Waals surface area contributed by atoms with Gasteiger partial charge in [0.05, 0.1) is 7.11 Å². The Morgan fingerprint density at radius 1 is 1.30 bits per heavy atom. The van der Waals surface area contributed by atoms with E-state index in [0.717, 1.165) is 18.1 Å². The zero-order chi connectivity index (χ0) is 13.9. The van der Waals surface area contributed by atoms with E-state index in [9.17, 15) is 0 Å². The number of ether oxygens (including phenoxy) is 1. The summed E-state index contributed by atoms with van der Waals surface area (Å²) >= 11 is 0. The third kappa shape index (κ3) is 2.99. The van der Waals surface area contributed by atoms with Crippen molar-refractivity contribution in [2.24, 2.45) is 5.92 Å². The van der Waals surface area contributed by atoms with Gasteiger partial charge in [0.2, 0.25) is 0 Å². The van der Waals surface area contributed by atoms with Crippen molar-refractivity contribution >= 4 is 0 Å². The number of rotatable bonds is 5. The number of fused-ring (bicyclic) bond motifs is 3. The highest BCUT2D eigenvalue weighted by Crippen LogP contribution is 2.28. The first kappa shape index (κ1) is 13.9. The van der Waals surface area contributed by atoms with Crippen molar-refractivity contribution in [1.29, 1.82) is 0 Å². The molecule has 3 heterocycles. The van der Waals surface area contributed by atoms with Crippen LogP contribution in [0.15, 0.2) is 24.3 Å². The summed E-state index contributed by atoms with van der Waals surface area (Å²) < 4.78 is 5.45. The summed E-state index contributed by atoms with van der Waals surface area (Å²) in [4.78, 5) is 2.60. The zero-order valence-electron chi connectivity index (χ0n) is 12.6. The minimum Gasteiger partial charge on any atom is -0.496 e. The lowest BCUT2D eigenvalue weighted by Gasteiger charge is -2.46. The van der Waals surface area contributed by atoms with Gasteiger partial charge in [-0.25, -0.2) is 0 Å². The summed E-state index contributed by atoms with van der Waals surface area (Å²) in [6.45, 7) is 6.15. The summed E-state index contributed by atoms with van der Waals surface area (Å²) in [7, 11) is 1.75. The SMILES string of the molecule is COc1ccccc1CC(C)NC1CN2CCC1CC2. The second-order valence-corrected chi connectivity index (χ2v) is 6.33. The van der Waals surface area contributed by atoms with E-state index >= 15 is 0 Å². The lowest BCUT2D eigenvalue weighted by atomic mass is 9.83. The molecule has 3 aliphatic heterocycles. The van der Waals surface area contributed by atoms with Gasteiger partial charge in [0.25, 0.3) is 0 Å². The van der Waals surface area contributed by atoms with Gasteiger partial charge < -0.3 is 15.0 Å². The molecule has 1 aromatic rings. The molecule has 110 valence electrons. The quantitative estimate of drug-likeness (QED) is 0.892. The first-order valence-electron chi connectivity index (χ1n) is 7.86. The molecule has 4 rings (SSSR count). The van der Waals surface area contributed by atoms with Crippen molar-refractivity contribution < 1.29 is 4.74 Å². The molecule has 2 atom stereocenters. The van der Waals surface area contributed by atoms with Crippen molar-refractivity contribution in [2.75, 3.05) is 26.7 Å². The fourth-order valence-corrected chi connectivity index (χ4v) is 3.78. The molecule has 0 saturated carbocycles. The number of benzene rings is 1. The molecule has 3 saturated heterocycles. The maximum absolute atomic E-state index is 5.45.